The maximum atomic E-state index is 13.3. The topological polar surface area (TPSA) is 38.7 Å². The van der Waals surface area contributed by atoms with E-state index < -0.39 is 17.9 Å². The number of ether oxygens (including phenoxy) is 2. The average Bonchev–Trinajstić information content (AvgIpc) is 2.65. The van der Waals surface area contributed by atoms with Gasteiger partial charge in [-0.3, -0.25) is 0 Å². The second kappa shape index (κ2) is 4.99. The molecule has 19 heavy (non-hydrogen) atoms. The molecule has 2 aromatic rings. The number of hydrogen-bond acceptors (Lipinski definition) is 3. The number of hydrogen-bond donors (Lipinski definition) is 1. The molecule has 0 spiro atoms. The molecule has 0 unspecified atom stereocenters. The summed E-state index contributed by atoms with van der Waals surface area (Å²) in [5.41, 5.74) is 2.40. The molecule has 0 saturated carbocycles. The first-order valence-electron chi connectivity index (χ1n) is 6.03. The van der Waals surface area contributed by atoms with Crippen molar-refractivity contribution in [3.63, 3.8) is 0 Å². The number of aromatic hydroxyl groups is 1. The van der Waals surface area contributed by atoms with Gasteiger partial charge in [-0.25, -0.2) is 4.39 Å². The highest BCUT2D eigenvalue weighted by atomic mass is 19.1. The zero-order valence-electron chi connectivity index (χ0n) is 10.2. The normalized spacial score (nSPS) is 15.8. The van der Waals surface area contributed by atoms with Gasteiger partial charge >= 0.3 is 0 Å². The van der Waals surface area contributed by atoms with E-state index in [1.807, 2.05) is 24.3 Å². The molecule has 1 N–H and O–H groups in total. The molecular formula is C15H13FO3. The molecule has 4 heteroatoms. The molecule has 2 aromatic carbocycles. The fourth-order valence-corrected chi connectivity index (χ4v) is 2.12. The number of phenolic OH excluding ortho intramolecular Hbond substituents is 1. The maximum Gasteiger partial charge on any atom is 0.188 e. The van der Waals surface area contributed by atoms with Crippen molar-refractivity contribution in [2.45, 2.75) is 19.5 Å². The van der Waals surface area contributed by atoms with E-state index in [2.05, 4.69) is 0 Å². The van der Waals surface area contributed by atoms with E-state index >= 15 is 0 Å². The van der Waals surface area contributed by atoms with E-state index in [1.165, 1.54) is 12.1 Å². The predicted octanol–water partition coefficient (Wildman–Crippen LogP) is 3.28. The van der Waals surface area contributed by atoms with Crippen LogP contribution in [-0.2, 0) is 22.7 Å². The van der Waals surface area contributed by atoms with Crippen molar-refractivity contribution in [3.8, 4) is 5.75 Å². The van der Waals surface area contributed by atoms with Gasteiger partial charge in [-0.15, -0.1) is 0 Å². The number of phenols is 1. The summed E-state index contributed by atoms with van der Waals surface area (Å²) in [5, 5.41) is 9.72. The lowest BCUT2D eigenvalue weighted by molar-refractivity contribution is -0.154. The maximum absolute atomic E-state index is 13.3. The van der Waals surface area contributed by atoms with E-state index in [9.17, 15) is 9.50 Å². The Morgan fingerprint density at radius 1 is 0.947 bits per heavy atom. The van der Waals surface area contributed by atoms with Crippen molar-refractivity contribution in [1.82, 2.24) is 0 Å². The Balaban J connectivity index is 1.88. The zero-order valence-corrected chi connectivity index (χ0v) is 10.2. The summed E-state index contributed by atoms with van der Waals surface area (Å²) in [7, 11) is 0. The molecule has 0 saturated heterocycles. The van der Waals surface area contributed by atoms with Crippen LogP contribution in [0.5, 0.6) is 5.75 Å². The molecule has 0 atom stereocenters. The van der Waals surface area contributed by atoms with Gasteiger partial charge in [0.05, 0.1) is 18.8 Å². The van der Waals surface area contributed by atoms with Gasteiger partial charge in [0.15, 0.2) is 17.9 Å². The molecule has 0 aliphatic carbocycles. The van der Waals surface area contributed by atoms with E-state index in [0.717, 1.165) is 11.1 Å². The third-order valence-corrected chi connectivity index (χ3v) is 3.17. The number of halogens is 1. The van der Waals surface area contributed by atoms with Crippen LogP contribution in [0.4, 0.5) is 4.39 Å². The predicted molar refractivity (Wildman–Crippen MR) is 66.8 cm³/mol. The minimum absolute atomic E-state index is 0.313. The van der Waals surface area contributed by atoms with Gasteiger partial charge in [-0.05, 0) is 17.2 Å². The number of benzene rings is 2. The summed E-state index contributed by atoms with van der Waals surface area (Å²) in [4.78, 5) is 0. The second-order valence-electron chi connectivity index (χ2n) is 4.40. The van der Waals surface area contributed by atoms with Crippen molar-refractivity contribution in [3.05, 3.63) is 65.0 Å². The van der Waals surface area contributed by atoms with Crippen LogP contribution in [0.1, 0.15) is 23.0 Å². The van der Waals surface area contributed by atoms with Gasteiger partial charge in [0.25, 0.3) is 0 Å². The average molecular weight is 260 g/mol. The zero-order chi connectivity index (χ0) is 13.2. The Morgan fingerprint density at radius 2 is 1.58 bits per heavy atom. The van der Waals surface area contributed by atoms with Crippen molar-refractivity contribution < 1.29 is 19.0 Å². The molecule has 1 heterocycles. The summed E-state index contributed by atoms with van der Waals surface area (Å²) < 4.78 is 24.5. The standard InChI is InChI=1S/C15H13FO3/c16-13-7-3-6-12(14(13)17)15-18-8-10-4-1-2-5-11(10)9-19-15/h1-7,15,17H,8-9H2. The van der Waals surface area contributed by atoms with Gasteiger partial charge in [0.1, 0.15) is 0 Å². The Labute approximate surface area is 110 Å². The highest BCUT2D eigenvalue weighted by Crippen LogP contribution is 2.33. The highest BCUT2D eigenvalue weighted by molar-refractivity contribution is 5.35. The largest absolute Gasteiger partial charge is 0.504 e. The van der Waals surface area contributed by atoms with Gasteiger partial charge in [-0.2, -0.15) is 0 Å². The Morgan fingerprint density at radius 3 is 2.21 bits per heavy atom. The minimum Gasteiger partial charge on any atom is -0.504 e. The van der Waals surface area contributed by atoms with Crippen molar-refractivity contribution in [2.75, 3.05) is 0 Å². The Hall–Kier alpha value is -1.91. The third kappa shape index (κ3) is 2.32. The molecule has 3 nitrogen and oxygen atoms in total. The van der Waals surface area contributed by atoms with Crippen LogP contribution in [0.2, 0.25) is 0 Å². The van der Waals surface area contributed by atoms with Crippen LogP contribution in [0.3, 0.4) is 0 Å². The number of fused-ring (bicyclic) bond motifs is 1. The summed E-state index contributed by atoms with van der Waals surface area (Å²) in [6, 6.07) is 12.1. The molecule has 0 radical (unpaired) electrons. The molecule has 1 aliphatic heterocycles. The summed E-state index contributed by atoms with van der Waals surface area (Å²) >= 11 is 0. The van der Waals surface area contributed by atoms with Gasteiger partial charge in [-0.1, -0.05) is 36.4 Å². The van der Waals surface area contributed by atoms with Gasteiger partial charge in [0.2, 0.25) is 0 Å². The monoisotopic (exact) mass is 260 g/mol. The Bertz CT molecular complexity index is 571. The lowest BCUT2D eigenvalue weighted by Gasteiger charge is -2.16. The molecule has 0 amide bonds. The minimum atomic E-state index is -0.761. The third-order valence-electron chi connectivity index (χ3n) is 3.17. The summed E-state index contributed by atoms with van der Waals surface area (Å²) in [5.74, 6) is -1.09. The molecule has 1 aliphatic rings. The fourth-order valence-electron chi connectivity index (χ4n) is 2.12. The van der Waals surface area contributed by atoms with Crippen LogP contribution in [0, 0.1) is 5.82 Å². The first kappa shape index (κ1) is 12.1. The van der Waals surface area contributed by atoms with Crippen LogP contribution in [0.25, 0.3) is 0 Å². The highest BCUT2D eigenvalue weighted by Gasteiger charge is 2.22. The van der Waals surface area contributed by atoms with Crippen molar-refractivity contribution in [2.24, 2.45) is 0 Å². The SMILES string of the molecule is Oc1c(F)cccc1C1OCc2ccccc2CO1. The van der Waals surface area contributed by atoms with Crippen LogP contribution in [-0.4, -0.2) is 5.11 Å². The van der Waals surface area contributed by atoms with Crippen molar-refractivity contribution in [1.29, 1.82) is 0 Å². The number of para-hydroxylation sites is 1. The van der Waals surface area contributed by atoms with Gasteiger partial charge in [0, 0.05) is 0 Å². The van der Waals surface area contributed by atoms with Crippen LogP contribution < -0.4 is 0 Å². The smallest absolute Gasteiger partial charge is 0.188 e. The molecular weight excluding hydrogens is 247 g/mol. The van der Waals surface area contributed by atoms with E-state index in [1.54, 1.807) is 6.07 Å². The number of rotatable bonds is 1. The van der Waals surface area contributed by atoms with Crippen LogP contribution in [0.15, 0.2) is 42.5 Å². The van der Waals surface area contributed by atoms with E-state index in [-0.39, 0.29) is 0 Å². The quantitative estimate of drug-likeness (QED) is 0.855. The molecule has 0 bridgehead atoms. The van der Waals surface area contributed by atoms with Crippen LogP contribution >= 0.6 is 0 Å². The fraction of sp³-hybridized carbons (Fsp3) is 0.200. The summed E-state index contributed by atoms with van der Waals surface area (Å²) in [6.45, 7) is 0.744. The van der Waals surface area contributed by atoms with E-state index in [0.29, 0.717) is 18.8 Å². The summed E-state index contributed by atoms with van der Waals surface area (Å²) in [6.07, 6.45) is -0.761. The molecule has 0 aromatic heterocycles. The first-order valence-corrected chi connectivity index (χ1v) is 6.03. The first-order chi connectivity index (χ1) is 9.25. The Kier molecular flexibility index (Phi) is 3.19. The van der Waals surface area contributed by atoms with E-state index in [4.69, 9.17) is 9.47 Å². The lowest BCUT2D eigenvalue weighted by Crippen LogP contribution is -2.06. The lowest BCUT2D eigenvalue weighted by atomic mass is 10.1. The molecule has 0 fully saturated rings. The van der Waals surface area contributed by atoms with Gasteiger partial charge < -0.3 is 14.6 Å². The molecule has 98 valence electrons. The second-order valence-corrected chi connectivity index (χ2v) is 4.40. The molecule has 3 rings (SSSR count). The van der Waals surface area contributed by atoms with Crippen molar-refractivity contribution >= 4 is 0 Å².